The monoisotopic (exact) mass is 608 g/mol. The van der Waals surface area contributed by atoms with Gasteiger partial charge in [0, 0.05) is 37.6 Å². The van der Waals surface area contributed by atoms with Crippen molar-refractivity contribution in [2.75, 3.05) is 7.11 Å². The van der Waals surface area contributed by atoms with Crippen molar-refractivity contribution in [3.8, 4) is 32.4 Å². The SMILES string of the molecule is COc1ccc(-c2cc(C3=C(c4cc(-c5ccc(OC(C)=O)cc5)sc4C)C(F)(F)C(F)(F)C3(F)F)c(C)s2)cc1. The second kappa shape index (κ2) is 10.1. The molecule has 0 fully saturated rings. The van der Waals surface area contributed by atoms with Gasteiger partial charge in [-0.2, -0.15) is 26.3 Å². The molecule has 0 unspecified atom stereocenters. The van der Waals surface area contributed by atoms with E-state index in [1.807, 2.05) is 0 Å². The molecule has 0 saturated carbocycles. The number of methoxy groups -OCH3 is 1. The molecule has 1 aliphatic carbocycles. The van der Waals surface area contributed by atoms with Gasteiger partial charge in [0.25, 0.3) is 0 Å². The minimum Gasteiger partial charge on any atom is -0.497 e. The van der Waals surface area contributed by atoms with Gasteiger partial charge in [-0.1, -0.05) is 0 Å². The maximum Gasteiger partial charge on any atom is 0.380 e. The summed E-state index contributed by atoms with van der Waals surface area (Å²) in [6, 6.07) is 15.2. The number of thiophene rings is 2. The molecule has 0 aliphatic heterocycles. The number of hydrogen-bond acceptors (Lipinski definition) is 5. The number of rotatable bonds is 6. The van der Waals surface area contributed by atoms with E-state index in [2.05, 4.69) is 0 Å². The third-order valence-electron chi connectivity index (χ3n) is 6.82. The fourth-order valence-electron chi connectivity index (χ4n) is 4.79. The molecule has 0 spiro atoms. The molecule has 3 nitrogen and oxygen atoms in total. The second-order valence-corrected chi connectivity index (χ2v) is 12.0. The summed E-state index contributed by atoms with van der Waals surface area (Å²) in [4.78, 5) is 12.4. The van der Waals surface area contributed by atoms with Crippen molar-refractivity contribution in [1.29, 1.82) is 0 Å². The van der Waals surface area contributed by atoms with Crippen LogP contribution in [-0.4, -0.2) is 30.8 Å². The van der Waals surface area contributed by atoms with Crippen molar-refractivity contribution in [2.24, 2.45) is 0 Å². The van der Waals surface area contributed by atoms with Crippen LogP contribution in [0.25, 0.3) is 32.0 Å². The Morgan fingerprint density at radius 1 is 0.683 bits per heavy atom. The van der Waals surface area contributed by atoms with Crippen molar-refractivity contribution in [2.45, 2.75) is 38.5 Å². The van der Waals surface area contributed by atoms with Crippen LogP contribution in [0.5, 0.6) is 11.5 Å². The average Bonchev–Trinajstić information content (AvgIpc) is 3.51. The molecule has 0 N–H and O–H groups in total. The van der Waals surface area contributed by atoms with E-state index in [1.54, 1.807) is 36.4 Å². The summed E-state index contributed by atoms with van der Waals surface area (Å²) in [5, 5.41) is 0. The quantitative estimate of drug-likeness (QED) is 0.124. The van der Waals surface area contributed by atoms with E-state index in [-0.39, 0.29) is 26.6 Å². The molecule has 2 aromatic carbocycles. The van der Waals surface area contributed by atoms with E-state index in [0.29, 0.717) is 26.6 Å². The molecule has 0 bridgehead atoms. The van der Waals surface area contributed by atoms with E-state index < -0.39 is 34.9 Å². The number of alkyl halides is 6. The highest BCUT2D eigenvalue weighted by Crippen LogP contribution is 2.66. The Morgan fingerprint density at radius 2 is 1.07 bits per heavy atom. The lowest BCUT2D eigenvalue weighted by Gasteiger charge is -2.25. The van der Waals surface area contributed by atoms with Gasteiger partial charge >= 0.3 is 23.7 Å². The van der Waals surface area contributed by atoms with Crippen LogP contribution >= 0.6 is 22.7 Å². The molecule has 0 amide bonds. The first-order chi connectivity index (χ1) is 19.2. The maximum absolute atomic E-state index is 15.5. The number of halogens is 6. The van der Waals surface area contributed by atoms with Crippen LogP contribution in [0.4, 0.5) is 26.3 Å². The van der Waals surface area contributed by atoms with Gasteiger partial charge in [-0.3, -0.25) is 4.79 Å². The van der Waals surface area contributed by atoms with Crippen molar-refractivity contribution in [3.63, 3.8) is 0 Å². The molecule has 11 heteroatoms. The minimum atomic E-state index is -5.65. The van der Waals surface area contributed by atoms with Gasteiger partial charge < -0.3 is 9.47 Å². The summed E-state index contributed by atoms with van der Waals surface area (Å²) in [6.45, 7) is 4.10. The van der Waals surface area contributed by atoms with Gasteiger partial charge in [0.15, 0.2) is 0 Å². The smallest absolute Gasteiger partial charge is 0.380 e. The predicted molar refractivity (Wildman–Crippen MR) is 148 cm³/mol. The number of carbonyl (C=O) groups is 1. The summed E-state index contributed by atoms with van der Waals surface area (Å²) in [6.07, 6.45) is 0. The normalized spacial score (nSPS) is 17.1. The fraction of sp³-hybridized carbons (Fsp3) is 0.233. The molecule has 5 rings (SSSR count). The Morgan fingerprint density at radius 3 is 1.44 bits per heavy atom. The Labute approximate surface area is 239 Å². The zero-order chi connectivity index (χ0) is 29.9. The van der Waals surface area contributed by atoms with Crippen molar-refractivity contribution in [3.05, 3.63) is 81.5 Å². The molecule has 214 valence electrons. The highest BCUT2D eigenvalue weighted by atomic mass is 32.1. The molecule has 2 heterocycles. The maximum atomic E-state index is 15.5. The molecule has 0 radical (unpaired) electrons. The molecule has 41 heavy (non-hydrogen) atoms. The van der Waals surface area contributed by atoms with Gasteiger partial charge in [0.2, 0.25) is 0 Å². The lowest BCUT2D eigenvalue weighted by Crippen LogP contribution is -2.48. The molecular weight excluding hydrogens is 586 g/mol. The van der Waals surface area contributed by atoms with Gasteiger partial charge in [-0.25, -0.2) is 0 Å². The summed E-state index contributed by atoms with van der Waals surface area (Å²) < 4.78 is 102. The van der Waals surface area contributed by atoms with E-state index in [1.165, 1.54) is 52.1 Å². The van der Waals surface area contributed by atoms with Crippen LogP contribution in [0.2, 0.25) is 0 Å². The third-order valence-corrected chi connectivity index (χ3v) is 9.01. The molecular formula is C30H22F6O3S2. The topological polar surface area (TPSA) is 35.5 Å². The van der Waals surface area contributed by atoms with Crippen molar-refractivity contribution in [1.82, 2.24) is 0 Å². The van der Waals surface area contributed by atoms with E-state index in [0.717, 1.165) is 22.7 Å². The predicted octanol–water partition coefficient (Wildman–Crippen LogP) is 9.52. The second-order valence-electron chi connectivity index (χ2n) is 9.48. The summed E-state index contributed by atoms with van der Waals surface area (Å²) in [7, 11) is 1.48. The zero-order valence-electron chi connectivity index (χ0n) is 22.1. The fourth-order valence-corrected chi connectivity index (χ4v) is 6.85. The first kappa shape index (κ1) is 28.9. The molecule has 2 aromatic heterocycles. The lowest BCUT2D eigenvalue weighted by atomic mass is 9.94. The molecule has 1 aliphatic rings. The average molecular weight is 609 g/mol. The van der Waals surface area contributed by atoms with Crippen molar-refractivity contribution >= 4 is 39.8 Å². The highest BCUT2D eigenvalue weighted by Gasteiger charge is 2.80. The van der Waals surface area contributed by atoms with Crippen LogP contribution < -0.4 is 9.47 Å². The highest BCUT2D eigenvalue weighted by molar-refractivity contribution is 7.16. The van der Waals surface area contributed by atoms with Gasteiger partial charge in [0.1, 0.15) is 11.5 Å². The van der Waals surface area contributed by atoms with Crippen LogP contribution in [0.1, 0.15) is 27.8 Å². The first-order valence-electron chi connectivity index (χ1n) is 12.2. The minimum absolute atomic E-state index is 0.174. The Kier molecular flexibility index (Phi) is 7.10. The third kappa shape index (κ3) is 4.64. The van der Waals surface area contributed by atoms with Crippen LogP contribution in [0.3, 0.4) is 0 Å². The number of ether oxygens (including phenoxy) is 2. The summed E-state index contributed by atoms with van der Waals surface area (Å²) >= 11 is 2.05. The molecule has 4 aromatic rings. The largest absolute Gasteiger partial charge is 0.497 e. The van der Waals surface area contributed by atoms with Crippen LogP contribution in [-0.2, 0) is 4.79 Å². The van der Waals surface area contributed by atoms with Crippen LogP contribution in [0.15, 0.2) is 60.7 Å². The van der Waals surface area contributed by atoms with Gasteiger partial charge in [-0.15, -0.1) is 22.7 Å². The van der Waals surface area contributed by atoms with E-state index in [4.69, 9.17) is 9.47 Å². The number of allylic oxidation sites excluding steroid dienone is 2. The zero-order valence-corrected chi connectivity index (χ0v) is 23.7. The van der Waals surface area contributed by atoms with Gasteiger partial charge in [-0.05, 0) is 96.8 Å². The standard InChI is InChI=1S/C30H22F6O3S2/c1-15-22(13-24(40-15)18-5-9-20(38-4)10-6-18)26-27(29(33,34)30(35,36)28(26,31)32)23-14-25(41-16(23)2)19-7-11-21(12-8-19)39-17(3)37/h5-14H,1-4H3. The van der Waals surface area contributed by atoms with E-state index >= 15 is 17.6 Å². The Bertz CT molecular complexity index is 1670. The Hall–Kier alpha value is -3.57. The number of benzene rings is 2. The van der Waals surface area contributed by atoms with Gasteiger partial charge in [0.05, 0.1) is 7.11 Å². The summed E-state index contributed by atoms with van der Waals surface area (Å²) in [5.41, 5.74) is -2.38. The first-order valence-corrected chi connectivity index (χ1v) is 13.9. The summed E-state index contributed by atoms with van der Waals surface area (Å²) in [5.74, 6) is -15.7. The molecule has 0 saturated heterocycles. The number of esters is 1. The van der Waals surface area contributed by atoms with Crippen molar-refractivity contribution < 1.29 is 40.6 Å². The number of hydrogen-bond donors (Lipinski definition) is 0. The molecule has 0 atom stereocenters. The van der Waals surface area contributed by atoms with E-state index in [9.17, 15) is 13.6 Å². The lowest BCUT2D eigenvalue weighted by molar-refractivity contribution is -0.254. The number of aryl methyl sites for hydroxylation is 2. The number of carbonyl (C=O) groups excluding carboxylic acids is 1. The van der Waals surface area contributed by atoms with Crippen LogP contribution in [0, 0.1) is 13.8 Å². The Balaban J connectivity index is 1.68.